The molecule has 2 heterocycles. The van der Waals surface area contributed by atoms with E-state index in [4.69, 9.17) is 4.74 Å². The molecule has 25 heavy (non-hydrogen) atoms. The van der Waals surface area contributed by atoms with E-state index in [0.717, 1.165) is 51.0 Å². The van der Waals surface area contributed by atoms with Crippen LogP contribution in [0, 0.1) is 11.2 Å². The minimum Gasteiger partial charge on any atom is -0.466 e. The number of nitrogens with zero attached hydrogens (tertiary/aromatic N) is 1. The van der Waals surface area contributed by atoms with E-state index in [1.807, 2.05) is 13.0 Å². The van der Waals surface area contributed by atoms with Gasteiger partial charge in [0.25, 0.3) is 0 Å². The highest BCUT2D eigenvalue weighted by atomic mass is 19.1. The number of benzene rings is 1. The Morgan fingerprint density at radius 2 is 2.20 bits per heavy atom. The Kier molecular flexibility index (Phi) is 6.04. The minimum absolute atomic E-state index is 0.139. The molecular weight excluding hydrogens is 321 g/mol. The number of carbonyl (C=O) groups excluding carboxylic acids is 1. The Morgan fingerprint density at radius 1 is 1.40 bits per heavy atom. The number of ether oxygens (including phenoxy) is 1. The van der Waals surface area contributed by atoms with E-state index in [2.05, 4.69) is 15.8 Å². The summed E-state index contributed by atoms with van der Waals surface area (Å²) >= 11 is 0. The lowest BCUT2D eigenvalue weighted by atomic mass is 9.73. The lowest BCUT2D eigenvalue weighted by Gasteiger charge is -2.40. The van der Waals surface area contributed by atoms with Crippen molar-refractivity contribution >= 4 is 5.97 Å². The summed E-state index contributed by atoms with van der Waals surface area (Å²) < 4.78 is 18.9. The topological polar surface area (TPSA) is 53.6 Å². The Hall–Kier alpha value is -1.50. The number of halogens is 1. The molecule has 0 aromatic heterocycles. The van der Waals surface area contributed by atoms with Gasteiger partial charge in [-0.25, -0.2) is 4.39 Å². The van der Waals surface area contributed by atoms with Gasteiger partial charge in [-0.05, 0) is 63.4 Å². The quantitative estimate of drug-likeness (QED) is 0.768. The van der Waals surface area contributed by atoms with E-state index < -0.39 is 5.41 Å². The summed E-state index contributed by atoms with van der Waals surface area (Å²) in [5.41, 5.74) is 6.78. The average Bonchev–Trinajstić information content (AvgIpc) is 3.10. The van der Waals surface area contributed by atoms with Crippen LogP contribution in [0.2, 0.25) is 0 Å². The van der Waals surface area contributed by atoms with Crippen LogP contribution in [-0.4, -0.2) is 49.7 Å². The van der Waals surface area contributed by atoms with Crippen molar-refractivity contribution in [1.82, 2.24) is 15.8 Å². The van der Waals surface area contributed by atoms with Crippen molar-refractivity contribution in [2.45, 2.75) is 38.6 Å². The van der Waals surface area contributed by atoms with Gasteiger partial charge in [0.15, 0.2) is 0 Å². The number of likely N-dealkylation sites (tertiary alicyclic amines) is 1. The van der Waals surface area contributed by atoms with Gasteiger partial charge in [0.2, 0.25) is 0 Å². The molecule has 1 aromatic rings. The second kappa shape index (κ2) is 8.25. The first-order valence-electron chi connectivity index (χ1n) is 9.24. The van der Waals surface area contributed by atoms with Crippen LogP contribution in [0.1, 0.15) is 31.7 Å². The molecule has 2 aliphatic rings. The first kappa shape index (κ1) is 18.3. The van der Waals surface area contributed by atoms with Crippen molar-refractivity contribution in [3.05, 3.63) is 35.6 Å². The lowest BCUT2D eigenvalue weighted by Crippen LogP contribution is -2.49. The highest BCUT2D eigenvalue weighted by molar-refractivity contribution is 5.77. The van der Waals surface area contributed by atoms with Crippen LogP contribution in [0.3, 0.4) is 0 Å². The molecule has 2 aliphatic heterocycles. The summed E-state index contributed by atoms with van der Waals surface area (Å²) in [6.07, 6.45) is 3.18. The van der Waals surface area contributed by atoms with Crippen molar-refractivity contribution in [3.8, 4) is 0 Å². The van der Waals surface area contributed by atoms with Gasteiger partial charge in [-0.3, -0.25) is 15.6 Å². The third-order valence-corrected chi connectivity index (χ3v) is 5.36. The molecule has 3 rings (SSSR count). The number of hydrogen-bond donors (Lipinski definition) is 2. The molecule has 0 radical (unpaired) electrons. The van der Waals surface area contributed by atoms with Crippen LogP contribution in [0.5, 0.6) is 0 Å². The molecule has 0 amide bonds. The number of carbonyl (C=O) groups is 1. The van der Waals surface area contributed by atoms with Crippen LogP contribution in [0.25, 0.3) is 0 Å². The summed E-state index contributed by atoms with van der Waals surface area (Å²) in [6, 6.07) is 7.04. The zero-order chi connectivity index (χ0) is 17.7. The molecule has 2 N–H and O–H groups in total. The van der Waals surface area contributed by atoms with Crippen LogP contribution in [-0.2, 0) is 16.0 Å². The molecule has 138 valence electrons. The van der Waals surface area contributed by atoms with Gasteiger partial charge < -0.3 is 9.64 Å². The highest BCUT2D eigenvalue weighted by Crippen LogP contribution is 2.37. The first-order chi connectivity index (χ1) is 12.1. The van der Waals surface area contributed by atoms with Crippen molar-refractivity contribution in [3.63, 3.8) is 0 Å². The van der Waals surface area contributed by atoms with Crippen LogP contribution >= 0.6 is 0 Å². The molecular formula is C19H28FN3O2. The maximum atomic E-state index is 13.5. The smallest absolute Gasteiger partial charge is 0.312 e. The zero-order valence-corrected chi connectivity index (χ0v) is 14.9. The number of hydrazine groups is 1. The molecule has 0 bridgehead atoms. The molecule has 6 heteroatoms. The standard InChI is InChI=1S/C19H28FN3O2/c1-2-25-18(24)19(13-15-4-3-5-16(20)12-15)7-10-23(11-8-19)14-17-6-9-21-22-17/h3-5,12,17,21-22H,2,6-11,13-14H2,1H3. The van der Waals surface area contributed by atoms with Crippen LogP contribution < -0.4 is 10.9 Å². The minimum atomic E-state index is -0.540. The Balaban J connectivity index is 1.67. The van der Waals surface area contributed by atoms with Gasteiger partial charge in [0.05, 0.1) is 12.0 Å². The van der Waals surface area contributed by atoms with Crippen molar-refractivity contribution in [1.29, 1.82) is 0 Å². The second-order valence-corrected chi connectivity index (χ2v) is 7.16. The Bertz CT molecular complexity index is 582. The SMILES string of the molecule is CCOC(=O)C1(Cc2cccc(F)c2)CCN(CC2CCNN2)CC1. The summed E-state index contributed by atoms with van der Waals surface area (Å²) in [7, 11) is 0. The van der Waals surface area contributed by atoms with Gasteiger partial charge in [0.1, 0.15) is 5.82 Å². The van der Waals surface area contributed by atoms with Gasteiger partial charge in [-0.15, -0.1) is 0 Å². The van der Waals surface area contributed by atoms with Gasteiger partial charge >= 0.3 is 5.97 Å². The third kappa shape index (κ3) is 4.57. The maximum absolute atomic E-state index is 13.5. The second-order valence-electron chi connectivity index (χ2n) is 7.16. The Labute approximate surface area is 148 Å². The van der Waals surface area contributed by atoms with Crippen LogP contribution in [0.15, 0.2) is 24.3 Å². The number of piperidine rings is 1. The normalized spacial score (nSPS) is 23.5. The molecule has 2 fully saturated rings. The first-order valence-corrected chi connectivity index (χ1v) is 9.24. The van der Waals surface area contributed by atoms with E-state index in [0.29, 0.717) is 19.1 Å². The van der Waals surface area contributed by atoms with Crippen LogP contribution in [0.4, 0.5) is 4.39 Å². The molecule has 1 unspecified atom stereocenters. The molecule has 1 aromatic carbocycles. The van der Waals surface area contributed by atoms with Gasteiger partial charge in [-0.2, -0.15) is 0 Å². The molecule has 1 atom stereocenters. The lowest BCUT2D eigenvalue weighted by molar-refractivity contribution is -0.158. The fraction of sp³-hybridized carbons (Fsp3) is 0.632. The summed E-state index contributed by atoms with van der Waals surface area (Å²) in [6.45, 7) is 5.95. The number of esters is 1. The van der Waals surface area contributed by atoms with Gasteiger partial charge in [-0.1, -0.05) is 12.1 Å². The maximum Gasteiger partial charge on any atom is 0.312 e. The third-order valence-electron chi connectivity index (χ3n) is 5.36. The predicted octanol–water partition coefficient (Wildman–Crippen LogP) is 1.88. The number of rotatable bonds is 6. The average molecular weight is 349 g/mol. The van der Waals surface area contributed by atoms with Gasteiger partial charge in [0, 0.05) is 19.1 Å². The van der Waals surface area contributed by atoms with E-state index in [-0.39, 0.29) is 11.8 Å². The highest BCUT2D eigenvalue weighted by Gasteiger charge is 2.43. The molecule has 2 saturated heterocycles. The Morgan fingerprint density at radius 3 is 2.84 bits per heavy atom. The monoisotopic (exact) mass is 349 g/mol. The zero-order valence-electron chi connectivity index (χ0n) is 14.9. The molecule has 0 saturated carbocycles. The summed E-state index contributed by atoms with van der Waals surface area (Å²) in [5, 5.41) is 0. The summed E-state index contributed by atoms with van der Waals surface area (Å²) in [5.74, 6) is -0.395. The fourth-order valence-electron chi connectivity index (χ4n) is 3.92. The van der Waals surface area contributed by atoms with E-state index in [1.54, 1.807) is 6.07 Å². The van der Waals surface area contributed by atoms with Crippen molar-refractivity contribution in [2.75, 3.05) is 32.8 Å². The molecule has 5 nitrogen and oxygen atoms in total. The van der Waals surface area contributed by atoms with E-state index in [1.165, 1.54) is 12.1 Å². The summed E-state index contributed by atoms with van der Waals surface area (Å²) in [4.78, 5) is 15.1. The number of nitrogens with one attached hydrogen (secondary N) is 2. The van der Waals surface area contributed by atoms with E-state index in [9.17, 15) is 9.18 Å². The van der Waals surface area contributed by atoms with E-state index >= 15 is 0 Å². The molecule has 0 spiro atoms. The number of hydrogen-bond acceptors (Lipinski definition) is 5. The predicted molar refractivity (Wildman–Crippen MR) is 94.4 cm³/mol. The largest absolute Gasteiger partial charge is 0.466 e. The van der Waals surface area contributed by atoms with Crippen molar-refractivity contribution < 1.29 is 13.9 Å². The molecule has 0 aliphatic carbocycles. The van der Waals surface area contributed by atoms with Crippen molar-refractivity contribution in [2.24, 2.45) is 5.41 Å². The fourth-order valence-corrected chi connectivity index (χ4v) is 3.92.